The van der Waals surface area contributed by atoms with Crippen molar-refractivity contribution >= 4 is 29.2 Å². The van der Waals surface area contributed by atoms with Gasteiger partial charge in [0.2, 0.25) is 5.96 Å². The lowest BCUT2D eigenvalue weighted by molar-refractivity contribution is 0.634. The lowest BCUT2D eigenvalue weighted by Crippen LogP contribution is -2.49. The SMILES string of the molecule is N=C1c2[nH]cnc2N(Cc2ccc(Cl)cc2)C2=NCCN12. The van der Waals surface area contributed by atoms with Crippen LogP contribution in [0.2, 0.25) is 5.02 Å². The molecule has 0 bridgehead atoms. The summed E-state index contributed by atoms with van der Waals surface area (Å²) in [4.78, 5) is 15.9. The number of guanidine groups is 1. The van der Waals surface area contributed by atoms with Gasteiger partial charge in [0.25, 0.3) is 0 Å². The number of benzene rings is 1. The summed E-state index contributed by atoms with van der Waals surface area (Å²) in [6, 6.07) is 7.74. The van der Waals surface area contributed by atoms with Crippen molar-refractivity contribution in [1.29, 1.82) is 5.41 Å². The van der Waals surface area contributed by atoms with Crippen LogP contribution in [0.1, 0.15) is 11.3 Å². The highest BCUT2D eigenvalue weighted by molar-refractivity contribution is 6.30. The van der Waals surface area contributed by atoms with E-state index in [4.69, 9.17) is 17.0 Å². The third kappa shape index (κ3) is 1.91. The van der Waals surface area contributed by atoms with Gasteiger partial charge >= 0.3 is 0 Å². The zero-order valence-electron chi connectivity index (χ0n) is 11.2. The second-order valence-corrected chi connectivity index (χ2v) is 5.43. The number of H-pyrrole nitrogens is 1. The number of hydrogen-bond donors (Lipinski definition) is 2. The molecule has 0 saturated carbocycles. The molecule has 2 aliphatic heterocycles. The maximum Gasteiger partial charge on any atom is 0.208 e. The largest absolute Gasteiger partial charge is 0.340 e. The molecule has 2 aromatic rings. The summed E-state index contributed by atoms with van der Waals surface area (Å²) >= 11 is 5.94. The molecule has 3 heterocycles. The van der Waals surface area contributed by atoms with Crippen molar-refractivity contribution in [2.45, 2.75) is 6.54 Å². The Morgan fingerprint density at radius 3 is 2.90 bits per heavy atom. The molecule has 6 nitrogen and oxygen atoms in total. The zero-order chi connectivity index (χ0) is 14.4. The lowest BCUT2D eigenvalue weighted by atomic mass is 10.2. The Morgan fingerprint density at radius 1 is 1.29 bits per heavy atom. The number of imidazole rings is 1. The maximum absolute atomic E-state index is 8.24. The first-order chi connectivity index (χ1) is 10.2. The first-order valence-corrected chi connectivity index (χ1v) is 7.08. The highest BCUT2D eigenvalue weighted by atomic mass is 35.5. The van der Waals surface area contributed by atoms with Gasteiger partial charge in [0.05, 0.1) is 19.4 Å². The van der Waals surface area contributed by atoms with E-state index in [0.29, 0.717) is 18.9 Å². The molecule has 0 atom stereocenters. The predicted octanol–water partition coefficient (Wildman–Crippen LogP) is 2.08. The van der Waals surface area contributed by atoms with E-state index in [9.17, 15) is 0 Å². The number of anilines is 1. The lowest BCUT2D eigenvalue weighted by Gasteiger charge is -2.34. The molecular weight excluding hydrogens is 288 g/mol. The molecule has 2 N–H and O–H groups in total. The van der Waals surface area contributed by atoms with Crippen molar-refractivity contribution in [3.05, 3.63) is 46.9 Å². The number of rotatable bonds is 2. The van der Waals surface area contributed by atoms with Crippen molar-refractivity contribution in [2.75, 3.05) is 18.0 Å². The Labute approximate surface area is 126 Å². The van der Waals surface area contributed by atoms with Gasteiger partial charge in [-0.3, -0.25) is 20.2 Å². The van der Waals surface area contributed by atoms with Crippen LogP contribution in [-0.2, 0) is 6.54 Å². The fourth-order valence-corrected chi connectivity index (χ4v) is 2.82. The number of aromatic amines is 1. The van der Waals surface area contributed by atoms with E-state index < -0.39 is 0 Å². The van der Waals surface area contributed by atoms with E-state index in [1.807, 2.05) is 34.1 Å². The zero-order valence-corrected chi connectivity index (χ0v) is 11.9. The van der Waals surface area contributed by atoms with E-state index in [0.717, 1.165) is 34.6 Å². The van der Waals surface area contributed by atoms with Crippen molar-refractivity contribution in [1.82, 2.24) is 14.9 Å². The summed E-state index contributed by atoms with van der Waals surface area (Å²) in [6.45, 7) is 2.10. The van der Waals surface area contributed by atoms with E-state index in [1.54, 1.807) is 6.33 Å². The second kappa shape index (κ2) is 4.60. The molecule has 0 radical (unpaired) electrons. The van der Waals surface area contributed by atoms with Gasteiger partial charge in [0.15, 0.2) is 11.7 Å². The predicted molar refractivity (Wildman–Crippen MR) is 82.1 cm³/mol. The molecule has 2 aliphatic rings. The van der Waals surface area contributed by atoms with E-state index in [1.165, 1.54) is 0 Å². The van der Waals surface area contributed by atoms with Crippen molar-refractivity contribution in [3.8, 4) is 0 Å². The molecule has 1 aromatic carbocycles. The molecule has 106 valence electrons. The van der Waals surface area contributed by atoms with Crippen LogP contribution in [-0.4, -0.2) is 39.8 Å². The third-order valence-electron chi connectivity index (χ3n) is 3.70. The number of aromatic nitrogens is 2. The van der Waals surface area contributed by atoms with Crippen LogP contribution in [0, 0.1) is 5.41 Å². The molecule has 0 aliphatic carbocycles. The summed E-state index contributed by atoms with van der Waals surface area (Å²) < 4.78 is 0. The Kier molecular flexibility index (Phi) is 2.71. The first kappa shape index (κ1) is 12.4. The van der Waals surface area contributed by atoms with Gasteiger partial charge in [0, 0.05) is 11.6 Å². The Morgan fingerprint density at radius 2 is 2.10 bits per heavy atom. The van der Waals surface area contributed by atoms with Crippen LogP contribution < -0.4 is 4.90 Å². The minimum atomic E-state index is 0.436. The van der Waals surface area contributed by atoms with Crippen molar-refractivity contribution in [3.63, 3.8) is 0 Å². The van der Waals surface area contributed by atoms with E-state index in [2.05, 4.69) is 15.0 Å². The second-order valence-electron chi connectivity index (χ2n) is 5.00. The molecular formula is C14H13ClN6. The van der Waals surface area contributed by atoms with Crippen LogP contribution >= 0.6 is 11.6 Å². The molecule has 21 heavy (non-hydrogen) atoms. The first-order valence-electron chi connectivity index (χ1n) is 6.70. The Hall–Kier alpha value is -2.34. The van der Waals surface area contributed by atoms with Crippen LogP contribution in [0.5, 0.6) is 0 Å². The average molecular weight is 301 g/mol. The van der Waals surface area contributed by atoms with Gasteiger partial charge in [-0.05, 0) is 17.7 Å². The summed E-state index contributed by atoms with van der Waals surface area (Å²) in [6.07, 6.45) is 1.62. The topological polar surface area (TPSA) is 71.4 Å². The van der Waals surface area contributed by atoms with Crippen molar-refractivity contribution < 1.29 is 0 Å². The highest BCUT2D eigenvalue weighted by Gasteiger charge is 2.36. The van der Waals surface area contributed by atoms with Crippen molar-refractivity contribution in [2.24, 2.45) is 4.99 Å². The fraction of sp³-hybridized carbons (Fsp3) is 0.214. The standard InChI is InChI=1S/C14H13ClN6/c15-10-3-1-9(2-4-10)7-21-13-11(18-8-19-13)12(16)20-6-5-17-14(20)21/h1-4,8,16H,5-7H2,(H,18,19). The maximum atomic E-state index is 8.24. The number of amidine groups is 1. The molecule has 0 unspecified atom stereocenters. The smallest absolute Gasteiger partial charge is 0.208 e. The Balaban J connectivity index is 1.74. The molecule has 1 aromatic heterocycles. The van der Waals surface area contributed by atoms with Crippen LogP contribution in [0.25, 0.3) is 0 Å². The van der Waals surface area contributed by atoms with Crippen LogP contribution in [0.4, 0.5) is 5.82 Å². The van der Waals surface area contributed by atoms with Gasteiger partial charge in [0.1, 0.15) is 5.69 Å². The average Bonchev–Trinajstić information content (AvgIpc) is 3.15. The summed E-state index contributed by atoms with van der Waals surface area (Å²) in [5, 5.41) is 8.96. The van der Waals surface area contributed by atoms with E-state index >= 15 is 0 Å². The molecule has 0 saturated heterocycles. The number of fused-ring (bicyclic) bond motifs is 2. The van der Waals surface area contributed by atoms with Crippen LogP contribution in [0.15, 0.2) is 35.6 Å². The molecule has 0 spiro atoms. The number of nitrogens with zero attached hydrogens (tertiary/aromatic N) is 4. The van der Waals surface area contributed by atoms with Gasteiger partial charge in [-0.15, -0.1) is 0 Å². The van der Waals surface area contributed by atoms with Gasteiger partial charge in [-0.25, -0.2) is 4.98 Å². The number of halogens is 1. The number of nitrogens with one attached hydrogen (secondary N) is 2. The fourth-order valence-electron chi connectivity index (χ4n) is 2.69. The molecule has 0 fully saturated rings. The monoisotopic (exact) mass is 300 g/mol. The van der Waals surface area contributed by atoms with Crippen LogP contribution in [0.3, 0.4) is 0 Å². The minimum Gasteiger partial charge on any atom is -0.340 e. The summed E-state index contributed by atoms with van der Waals surface area (Å²) in [7, 11) is 0. The quantitative estimate of drug-likeness (QED) is 0.892. The number of hydrogen-bond acceptors (Lipinski definition) is 4. The molecule has 4 rings (SSSR count). The van der Waals surface area contributed by atoms with Gasteiger partial charge < -0.3 is 4.98 Å². The Bertz CT molecular complexity index is 732. The molecule has 7 heteroatoms. The van der Waals surface area contributed by atoms with Gasteiger partial charge in [-0.2, -0.15) is 0 Å². The molecule has 0 amide bonds. The summed E-state index contributed by atoms with van der Waals surface area (Å²) in [5.41, 5.74) is 1.86. The number of aliphatic imine (C=N–C) groups is 1. The normalized spacial score (nSPS) is 16.8. The minimum absolute atomic E-state index is 0.436. The van der Waals surface area contributed by atoms with E-state index in [-0.39, 0.29) is 0 Å². The highest BCUT2D eigenvalue weighted by Crippen LogP contribution is 2.28. The van der Waals surface area contributed by atoms with Gasteiger partial charge in [-0.1, -0.05) is 23.7 Å². The third-order valence-corrected chi connectivity index (χ3v) is 3.95. The summed E-state index contributed by atoms with van der Waals surface area (Å²) in [5.74, 6) is 1.99.